The Bertz CT molecular complexity index is 1140. The topological polar surface area (TPSA) is 77.8 Å². The third-order valence-electron chi connectivity index (χ3n) is 4.54. The minimum atomic E-state index is -0.476. The summed E-state index contributed by atoms with van der Waals surface area (Å²) in [5.41, 5.74) is 2.70. The Morgan fingerprint density at radius 2 is 1.93 bits per heavy atom. The predicted octanol–water partition coefficient (Wildman–Crippen LogP) is 3.72. The van der Waals surface area contributed by atoms with Crippen molar-refractivity contribution in [2.75, 3.05) is 6.79 Å². The van der Waals surface area contributed by atoms with Crippen LogP contribution in [-0.4, -0.2) is 12.7 Å². The van der Waals surface area contributed by atoms with Crippen LogP contribution in [0.15, 0.2) is 39.5 Å². The first-order valence-corrected chi connectivity index (χ1v) is 8.72. The van der Waals surface area contributed by atoms with Crippen molar-refractivity contribution in [3.8, 4) is 11.5 Å². The molecule has 0 saturated heterocycles. The van der Waals surface area contributed by atoms with Gasteiger partial charge in [-0.1, -0.05) is 11.6 Å². The Labute approximate surface area is 159 Å². The minimum absolute atomic E-state index is 0.144. The van der Waals surface area contributed by atoms with E-state index in [1.165, 1.54) is 6.07 Å². The molecule has 0 aliphatic carbocycles. The fourth-order valence-electron chi connectivity index (χ4n) is 3.21. The van der Waals surface area contributed by atoms with E-state index in [2.05, 4.69) is 5.32 Å². The number of nitrogens with one attached hydrogen (secondary N) is 1. The van der Waals surface area contributed by atoms with Gasteiger partial charge >= 0.3 is 5.63 Å². The number of rotatable bonds is 3. The summed E-state index contributed by atoms with van der Waals surface area (Å²) in [6.45, 7) is 4.02. The molecule has 2 aromatic carbocycles. The summed E-state index contributed by atoms with van der Waals surface area (Å²) in [5.74, 6) is 0.857. The number of benzene rings is 2. The van der Waals surface area contributed by atoms with Gasteiger partial charge in [0, 0.05) is 28.6 Å². The van der Waals surface area contributed by atoms with Gasteiger partial charge in [-0.15, -0.1) is 0 Å². The number of amides is 1. The van der Waals surface area contributed by atoms with Crippen LogP contribution in [0, 0.1) is 13.8 Å². The Morgan fingerprint density at radius 3 is 2.74 bits per heavy atom. The van der Waals surface area contributed by atoms with E-state index in [0.29, 0.717) is 33.2 Å². The number of carbonyl (C=O) groups excluding carboxylic acids is 1. The number of hydrogen-bond acceptors (Lipinski definition) is 5. The smallest absolute Gasteiger partial charge is 0.336 e. The average Bonchev–Trinajstić information content (AvgIpc) is 3.11. The zero-order valence-electron chi connectivity index (χ0n) is 14.7. The molecule has 3 aromatic rings. The summed E-state index contributed by atoms with van der Waals surface area (Å²) in [4.78, 5) is 24.4. The summed E-state index contributed by atoms with van der Waals surface area (Å²) in [5, 5.41) is 4.17. The summed E-state index contributed by atoms with van der Waals surface area (Å²) in [6, 6.07) is 8.08. The summed E-state index contributed by atoms with van der Waals surface area (Å²) in [6.07, 6.45) is 0. The maximum absolute atomic E-state index is 12.5. The lowest BCUT2D eigenvalue weighted by atomic mass is 10.0. The normalized spacial score (nSPS) is 12.4. The van der Waals surface area contributed by atoms with Crippen molar-refractivity contribution in [2.24, 2.45) is 0 Å². The standard InChI is InChI=1S/C20H16ClNO5/c1-10-5-16-18(11(2)19(10)21)13(7-17(23)27-16)8-22-20(24)12-3-4-14-15(6-12)26-9-25-14/h3-7H,8-9H2,1-2H3,(H,22,24). The molecule has 0 fully saturated rings. The first kappa shape index (κ1) is 17.4. The van der Waals surface area contributed by atoms with Crippen LogP contribution in [0.5, 0.6) is 11.5 Å². The van der Waals surface area contributed by atoms with Crippen molar-refractivity contribution >= 4 is 28.5 Å². The van der Waals surface area contributed by atoms with Gasteiger partial charge < -0.3 is 19.2 Å². The monoisotopic (exact) mass is 385 g/mol. The molecule has 2 heterocycles. The molecule has 0 bridgehead atoms. The third kappa shape index (κ3) is 3.13. The predicted molar refractivity (Wildman–Crippen MR) is 101 cm³/mol. The van der Waals surface area contributed by atoms with Gasteiger partial charge in [-0.3, -0.25) is 4.79 Å². The van der Waals surface area contributed by atoms with Gasteiger partial charge in [0.2, 0.25) is 6.79 Å². The maximum Gasteiger partial charge on any atom is 0.336 e. The molecular formula is C20H16ClNO5. The SMILES string of the molecule is Cc1cc2oc(=O)cc(CNC(=O)c3ccc4c(c3)OCO4)c2c(C)c1Cl. The van der Waals surface area contributed by atoms with E-state index >= 15 is 0 Å². The molecule has 0 unspecified atom stereocenters. The highest BCUT2D eigenvalue weighted by Gasteiger charge is 2.17. The second-order valence-corrected chi connectivity index (χ2v) is 6.72. The van der Waals surface area contributed by atoms with E-state index in [-0.39, 0.29) is 19.2 Å². The van der Waals surface area contributed by atoms with E-state index in [0.717, 1.165) is 16.5 Å². The average molecular weight is 386 g/mol. The number of carbonyl (C=O) groups is 1. The molecule has 0 atom stereocenters. The van der Waals surface area contributed by atoms with E-state index in [1.54, 1.807) is 24.3 Å². The van der Waals surface area contributed by atoms with Gasteiger partial charge in [0.25, 0.3) is 5.91 Å². The van der Waals surface area contributed by atoms with Crippen molar-refractivity contribution in [1.29, 1.82) is 0 Å². The number of hydrogen-bond donors (Lipinski definition) is 1. The molecule has 0 saturated carbocycles. The van der Waals surface area contributed by atoms with E-state index < -0.39 is 5.63 Å². The first-order chi connectivity index (χ1) is 12.9. The Balaban J connectivity index is 1.65. The lowest BCUT2D eigenvalue weighted by molar-refractivity contribution is 0.0950. The van der Waals surface area contributed by atoms with Gasteiger partial charge in [-0.25, -0.2) is 4.79 Å². The molecule has 1 aliphatic heterocycles. The van der Waals surface area contributed by atoms with Crippen molar-refractivity contribution < 1.29 is 18.7 Å². The molecule has 1 amide bonds. The van der Waals surface area contributed by atoms with Gasteiger partial charge in [-0.2, -0.15) is 0 Å². The molecule has 138 valence electrons. The van der Waals surface area contributed by atoms with Crippen molar-refractivity contribution in [1.82, 2.24) is 5.32 Å². The molecule has 1 N–H and O–H groups in total. The highest BCUT2D eigenvalue weighted by molar-refractivity contribution is 6.33. The maximum atomic E-state index is 12.5. The van der Waals surface area contributed by atoms with Crippen LogP contribution in [0.3, 0.4) is 0 Å². The Morgan fingerprint density at radius 1 is 1.15 bits per heavy atom. The van der Waals surface area contributed by atoms with Crippen LogP contribution in [0.1, 0.15) is 27.0 Å². The third-order valence-corrected chi connectivity index (χ3v) is 5.12. The van der Waals surface area contributed by atoms with Crippen LogP contribution >= 0.6 is 11.6 Å². The van der Waals surface area contributed by atoms with E-state index in [9.17, 15) is 9.59 Å². The molecule has 6 nitrogen and oxygen atoms in total. The van der Waals surface area contributed by atoms with Crippen LogP contribution < -0.4 is 20.4 Å². The quantitative estimate of drug-likeness (QED) is 0.695. The van der Waals surface area contributed by atoms with Crippen molar-refractivity contribution in [2.45, 2.75) is 20.4 Å². The van der Waals surface area contributed by atoms with E-state index in [4.69, 9.17) is 25.5 Å². The Kier molecular flexibility index (Phi) is 4.28. The molecule has 4 rings (SSSR count). The molecule has 0 spiro atoms. The first-order valence-electron chi connectivity index (χ1n) is 8.34. The lowest BCUT2D eigenvalue weighted by Crippen LogP contribution is -2.23. The molecule has 27 heavy (non-hydrogen) atoms. The molecule has 0 radical (unpaired) electrons. The zero-order chi connectivity index (χ0) is 19.1. The van der Waals surface area contributed by atoms with Crippen LogP contribution in [0.4, 0.5) is 0 Å². The lowest BCUT2D eigenvalue weighted by Gasteiger charge is -2.12. The molecule has 1 aliphatic rings. The number of aryl methyl sites for hydroxylation is 2. The van der Waals surface area contributed by atoms with Gasteiger partial charge in [0.1, 0.15) is 5.58 Å². The van der Waals surface area contributed by atoms with Crippen LogP contribution in [0.2, 0.25) is 5.02 Å². The largest absolute Gasteiger partial charge is 0.454 e. The fourth-order valence-corrected chi connectivity index (χ4v) is 3.36. The minimum Gasteiger partial charge on any atom is -0.454 e. The highest BCUT2D eigenvalue weighted by Crippen LogP contribution is 2.33. The number of halogens is 1. The van der Waals surface area contributed by atoms with Crippen LogP contribution in [0.25, 0.3) is 11.0 Å². The Hall–Kier alpha value is -2.99. The molecular weight excluding hydrogens is 370 g/mol. The number of fused-ring (bicyclic) bond motifs is 2. The fraction of sp³-hybridized carbons (Fsp3) is 0.200. The van der Waals surface area contributed by atoms with Gasteiger partial charge in [-0.05, 0) is 54.8 Å². The van der Waals surface area contributed by atoms with Gasteiger partial charge in [0.15, 0.2) is 11.5 Å². The van der Waals surface area contributed by atoms with Crippen molar-refractivity contribution in [3.63, 3.8) is 0 Å². The van der Waals surface area contributed by atoms with Crippen LogP contribution in [-0.2, 0) is 6.54 Å². The number of ether oxygens (including phenoxy) is 2. The van der Waals surface area contributed by atoms with Crippen molar-refractivity contribution in [3.05, 3.63) is 68.0 Å². The van der Waals surface area contributed by atoms with Gasteiger partial charge in [0.05, 0.1) is 0 Å². The molecule has 1 aromatic heterocycles. The van der Waals surface area contributed by atoms with E-state index in [1.807, 2.05) is 13.8 Å². The second kappa shape index (κ2) is 6.63. The second-order valence-electron chi connectivity index (χ2n) is 6.35. The summed E-state index contributed by atoms with van der Waals surface area (Å²) in [7, 11) is 0. The summed E-state index contributed by atoms with van der Waals surface area (Å²) >= 11 is 6.35. The molecule has 7 heteroatoms. The highest BCUT2D eigenvalue weighted by atomic mass is 35.5. The zero-order valence-corrected chi connectivity index (χ0v) is 15.5. The summed E-state index contributed by atoms with van der Waals surface area (Å²) < 4.78 is 15.8.